The molecule has 8 nitrogen and oxygen atoms in total. The quantitative estimate of drug-likeness (QED) is 0.151. The zero-order valence-corrected chi connectivity index (χ0v) is 23.8. The molecule has 11 heteroatoms. The topological polar surface area (TPSA) is 109 Å². The second-order valence-corrected chi connectivity index (χ2v) is 10.1. The fourth-order valence-corrected chi connectivity index (χ4v) is 5.59. The normalized spacial score (nSPS) is 11.6. The van der Waals surface area contributed by atoms with Crippen molar-refractivity contribution in [3.8, 4) is 45.6 Å². The maximum absolute atomic E-state index is 9.76. The van der Waals surface area contributed by atoms with E-state index in [-0.39, 0.29) is 0 Å². The van der Waals surface area contributed by atoms with Crippen molar-refractivity contribution >= 4 is 54.3 Å². The van der Waals surface area contributed by atoms with Crippen LogP contribution in [0.25, 0.3) is 89.7 Å². The average Bonchev–Trinajstić information content (AvgIpc) is 3.77. The maximum atomic E-state index is 9.76. The maximum Gasteiger partial charge on any atom is 0.397 e. The van der Waals surface area contributed by atoms with Gasteiger partial charge in [0.05, 0.1) is 0 Å². The van der Waals surface area contributed by atoms with Gasteiger partial charge in [0, 0.05) is 43.8 Å². The fourth-order valence-electron chi connectivity index (χ4n) is 5.59. The van der Waals surface area contributed by atoms with E-state index >= 15 is 0 Å². The molecule has 0 unspecified atom stereocenters. The summed E-state index contributed by atoms with van der Waals surface area (Å²) < 4.78 is 19.5. The van der Waals surface area contributed by atoms with Crippen LogP contribution in [0.2, 0.25) is 0 Å². The Labute approximate surface area is 244 Å². The lowest BCUT2D eigenvalue weighted by Crippen LogP contribution is -1.82. The van der Waals surface area contributed by atoms with E-state index in [4.69, 9.17) is 29.9 Å². The summed E-state index contributed by atoms with van der Waals surface area (Å²) in [6, 6.07) is 32.2. The smallest absolute Gasteiger partial charge is 0.324 e. The number of aromatic amines is 2. The van der Waals surface area contributed by atoms with Crippen LogP contribution in [0.5, 0.6) is 0 Å². The van der Waals surface area contributed by atoms with Crippen LogP contribution in [0.1, 0.15) is 0 Å². The Bertz CT molecular complexity index is 2060. The Balaban J connectivity index is 0.000000892. The Morgan fingerprint density at radius 1 is 0.372 bits per heavy atom. The predicted octanol–water partition coefficient (Wildman–Crippen LogP) is 6.79. The lowest BCUT2D eigenvalue weighted by molar-refractivity contribution is 0.712. The van der Waals surface area contributed by atoms with Crippen LogP contribution in [0, 0.1) is 0 Å². The van der Waals surface area contributed by atoms with E-state index in [9.17, 15) is 8.22 Å². The second kappa shape index (κ2) is 10.00. The van der Waals surface area contributed by atoms with E-state index in [1.54, 1.807) is 0 Å². The van der Waals surface area contributed by atoms with Crippen molar-refractivity contribution < 1.29 is 8.22 Å². The monoisotopic (exact) mass is 582 g/mol. The minimum atomic E-state index is -2.58. The highest BCUT2D eigenvalue weighted by molar-refractivity contribution is 6.15. The first-order chi connectivity index (χ1) is 21.2. The summed E-state index contributed by atoms with van der Waals surface area (Å²) in [6.45, 7) is 0. The third-order valence-corrected chi connectivity index (χ3v) is 7.46. The van der Waals surface area contributed by atoms with Gasteiger partial charge in [0.2, 0.25) is 0 Å². The van der Waals surface area contributed by atoms with Gasteiger partial charge in [0.15, 0.2) is 23.3 Å². The van der Waals surface area contributed by atoms with E-state index in [1.165, 1.54) is 0 Å². The molecule has 0 radical (unpaired) electrons. The first-order valence-corrected chi connectivity index (χ1v) is 14.6. The molecule has 8 bridgehead atoms. The molecule has 7 aromatic rings. The number of halogens is 2. The zero-order chi connectivity index (χ0) is 28.9. The molecule has 0 saturated carbocycles. The highest BCUT2D eigenvalue weighted by atomic mass is 28.3. The van der Waals surface area contributed by atoms with E-state index in [1.807, 2.05) is 97.1 Å². The lowest BCUT2D eigenvalue weighted by Gasteiger charge is -1.96. The molecule has 2 aliphatic heterocycles. The number of rotatable bonds is 0. The van der Waals surface area contributed by atoms with Gasteiger partial charge < -0.3 is 9.97 Å². The van der Waals surface area contributed by atoms with E-state index in [0.29, 0.717) is 45.9 Å². The summed E-state index contributed by atoms with van der Waals surface area (Å²) in [5.41, 5.74) is 6.45. The number of nitrogens with one attached hydrogen (secondary N) is 2. The van der Waals surface area contributed by atoms with Crippen LogP contribution >= 0.6 is 0 Å². The standard InChI is InChI=1S/C32H18N8.F2H2Si/c1-2-10-18-17(9-1)25-33-26(18)38-28-21-13-5-6-14-22(21)30(35-28)40-32-24-16-8-7-15-23(24)31(36-32)39-29-20-12-4-3-11-19(20)27(34-29)37-25;1-3-2/h1-16H,(H2,33,34,35,36,37,38,39,40);3H2. The minimum absolute atomic E-state index is 0.597. The van der Waals surface area contributed by atoms with Gasteiger partial charge in [0.1, 0.15) is 22.6 Å². The zero-order valence-electron chi connectivity index (χ0n) is 22.4. The Morgan fingerprint density at radius 3 is 0.860 bits per heavy atom. The molecule has 4 aromatic carbocycles. The van der Waals surface area contributed by atoms with E-state index < -0.39 is 10.2 Å². The molecule has 0 saturated heterocycles. The highest BCUT2D eigenvalue weighted by Gasteiger charge is 2.21. The first-order valence-electron chi connectivity index (χ1n) is 13.5. The summed E-state index contributed by atoms with van der Waals surface area (Å²) in [6.07, 6.45) is 0. The number of H-pyrrole nitrogens is 2. The number of fused-ring (bicyclic) bond motifs is 20. The molecular formula is C32H20F2N8Si. The van der Waals surface area contributed by atoms with Gasteiger partial charge in [-0.05, 0) is 0 Å². The predicted molar refractivity (Wildman–Crippen MR) is 167 cm³/mol. The van der Waals surface area contributed by atoms with Crippen molar-refractivity contribution in [1.82, 2.24) is 39.9 Å². The van der Waals surface area contributed by atoms with E-state index in [2.05, 4.69) is 9.97 Å². The molecule has 0 atom stereocenters. The molecule has 206 valence electrons. The van der Waals surface area contributed by atoms with Gasteiger partial charge in [-0.3, -0.25) is 8.22 Å². The molecule has 5 heterocycles. The van der Waals surface area contributed by atoms with E-state index in [0.717, 1.165) is 43.8 Å². The van der Waals surface area contributed by atoms with Crippen molar-refractivity contribution in [2.75, 3.05) is 0 Å². The second-order valence-electron chi connectivity index (χ2n) is 9.89. The number of hydrogen-bond donors (Lipinski definition) is 2. The van der Waals surface area contributed by atoms with Crippen LogP contribution in [-0.4, -0.2) is 50.1 Å². The molecular weight excluding hydrogens is 562 g/mol. The van der Waals surface area contributed by atoms with Crippen LogP contribution in [0.3, 0.4) is 0 Å². The van der Waals surface area contributed by atoms with Gasteiger partial charge in [-0.15, -0.1) is 0 Å². The third kappa shape index (κ3) is 4.09. The van der Waals surface area contributed by atoms with Gasteiger partial charge in [0.25, 0.3) is 0 Å². The van der Waals surface area contributed by atoms with Crippen molar-refractivity contribution in [2.45, 2.75) is 0 Å². The largest absolute Gasteiger partial charge is 0.397 e. The Kier molecular flexibility index (Phi) is 5.83. The summed E-state index contributed by atoms with van der Waals surface area (Å²) in [4.78, 5) is 36.8. The van der Waals surface area contributed by atoms with Crippen molar-refractivity contribution in [3.05, 3.63) is 97.1 Å². The minimum Gasteiger partial charge on any atom is -0.324 e. The Hall–Kier alpha value is -5.68. The average molecular weight is 583 g/mol. The van der Waals surface area contributed by atoms with Crippen LogP contribution < -0.4 is 0 Å². The summed E-state index contributed by atoms with van der Waals surface area (Å²) in [5.74, 6) is 2.39. The lowest BCUT2D eigenvalue weighted by atomic mass is 10.1. The molecule has 0 spiro atoms. The summed E-state index contributed by atoms with van der Waals surface area (Å²) in [7, 11) is -2.58. The van der Waals surface area contributed by atoms with Crippen LogP contribution in [0.15, 0.2) is 97.1 Å². The first kappa shape index (κ1) is 25.1. The Morgan fingerprint density at radius 2 is 0.605 bits per heavy atom. The summed E-state index contributed by atoms with van der Waals surface area (Å²) in [5, 5.41) is 3.82. The number of aromatic nitrogens is 8. The SMILES string of the molecule is F[SiH2]F.c1ccc2c(c1)-c1nc-2nc2[nH]c(nc3nc(nc4[nH]c(n1)c1ccccc41)-c1ccccc1-3)c1ccccc21. The number of benzene rings is 4. The molecule has 0 aliphatic carbocycles. The molecule has 3 aromatic heterocycles. The van der Waals surface area contributed by atoms with Crippen LogP contribution in [-0.2, 0) is 0 Å². The molecule has 43 heavy (non-hydrogen) atoms. The molecule has 0 amide bonds. The molecule has 2 aliphatic rings. The molecule has 2 N–H and O–H groups in total. The van der Waals surface area contributed by atoms with Crippen LogP contribution in [0.4, 0.5) is 8.22 Å². The number of nitrogens with zero attached hydrogens (tertiary/aromatic N) is 6. The van der Waals surface area contributed by atoms with Crippen molar-refractivity contribution in [2.24, 2.45) is 0 Å². The molecule has 9 rings (SSSR count). The van der Waals surface area contributed by atoms with Crippen molar-refractivity contribution in [3.63, 3.8) is 0 Å². The van der Waals surface area contributed by atoms with Crippen molar-refractivity contribution in [1.29, 1.82) is 0 Å². The van der Waals surface area contributed by atoms with Gasteiger partial charge in [-0.1, -0.05) is 97.1 Å². The fraction of sp³-hybridized carbons (Fsp3) is 0. The highest BCUT2D eigenvalue weighted by Crippen LogP contribution is 2.36. The summed E-state index contributed by atoms with van der Waals surface area (Å²) >= 11 is 0. The van der Waals surface area contributed by atoms with Gasteiger partial charge in [-0.2, -0.15) is 0 Å². The van der Waals surface area contributed by atoms with Gasteiger partial charge >= 0.3 is 10.2 Å². The van der Waals surface area contributed by atoms with Gasteiger partial charge in [-0.25, -0.2) is 29.9 Å². The third-order valence-electron chi connectivity index (χ3n) is 7.46. The molecule has 0 fully saturated rings. The number of hydrogen-bond acceptors (Lipinski definition) is 6.